The van der Waals surface area contributed by atoms with Gasteiger partial charge in [0.2, 0.25) is 10.0 Å². The van der Waals surface area contributed by atoms with Crippen LogP contribution in [0.1, 0.15) is 34.7 Å². The van der Waals surface area contributed by atoms with E-state index in [1.807, 2.05) is 19.1 Å². The van der Waals surface area contributed by atoms with Crippen LogP contribution >= 0.6 is 15.9 Å². The van der Waals surface area contributed by atoms with Gasteiger partial charge in [-0.1, -0.05) is 22.0 Å². The number of amides is 1. The number of carbonyl (C=O) groups is 1. The lowest BCUT2D eigenvalue weighted by Crippen LogP contribution is -2.28. The van der Waals surface area contributed by atoms with Gasteiger partial charge in [-0.3, -0.25) is 4.79 Å². The number of carbonyl (C=O) groups excluding carboxylic acids is 1. The van der Waals surface area contributed by atoms with Gasteiger partial charge >= 0.3 is 0 Å². The molecule has 1 saturated heterocycles. The Morgan fingerprint density at radius 3 is 2.56 bits per heavy atom. The Morgan fingerprint density at radius 1 is 1.20 bits per heavy atom. The number of nitrogens with one attached hydrogen (secondary N) is 1. The van der Waals surface area contributed by atoms with E-state index < -0.39 is 15.9 Å². The summed E-state index contributed by atoms with van der Waals surface area (Å²) < 4.78 is 33.1. The fourth-order valence-corrected chi connectivity index (χ4v) is 4.85. The SMILES string of the molecule is Cc1ccc(Br)cc1NC(=O)c1cc(S(=O)(=O)N2CCCC2)c(C)o1. The van der Waals surface area contributed by atoms with Crippen LogP contribution in [0.2, 0.25) is 0 Å². The minimum absolute atomic E-state index is 0.0188. The molecule has 3 rings (SSSR count). The van der Waals surface area contributed by atoms with Crippen LogP contribution in [-0.2, 0) is 10.0 Å². The molecule has 2 aromatic rings. The van der Waals surface area contributed by atoms with Crippen LogP contribution in [0.4, 0.5) is 5.69 Å². The number of hydrogen-bond donors (Lipinski definition) is 1. The standard InChI is InChI=1S/C17H19BrN2O4S/c1-11-5-6-13(18)9-14(11)19-17(21)15-10-16(12(2)24-15)25(22,23)20-7-3-4-8-20/h5-6,9-10H,3-4,7-8H2,1-2H3,(H,19,21). The first-order valence-electron chi connectivity index (χ1n) is 7.97. The topological polar surface area (TPSA) is 79.6 Å². The largest absolute Gasteiger partial charge is 0.455 e. The molecule has 0 saturated carbocycles. The molecule has 0 radical (unpaired) electrons. The van der Waals surface area contributed by atoms with Crippen LogP contribution in [0.15, 0.2) is 38.1 Å². The molecule has 134 valence electrons. The summed E-state index contributed by atoms with van der Waals surface area (Å²) in [6.45, 7) is 4.44. The molecule has 1 aliphatic rings. The van der Waals surface area contributed by atoms with E-state index in [9.17, 15) is 13.2 Å². The smallest absolute Gasteiger partial charge is 0.291 e. The maximum atomic E-state index is 12.7. The van der Waals surface area contributed by atoms with Gasteiger partial charge in [-0.05, 0) is 44.4 Å². The van der Waals surface area contributed by atoms with E-state index >= 15 is 0 Å². The summed E-state index contributed by atoms with van der Waals surface area (Å²) in [5.41, 5.74) is 1.53. The van der Waals surface area contributed by atoms with Gasteiger partial charge in [0.1, 0.15) is 10.7 Å². The fourth-order valence-electron chi connectivity index (χ4n) is 2.81. The van der Waals surface area contributed by atoms with Crippen LogP contribution in [0.3, 0.4) is 0 Å². The zero-order valence-electron chi connectivity index (χ0n) is 14.0. The molecule has 0 aliphatic carbocycles. The van der Waals surface area contributed by atoms with Crippen molar-refractivity contribution in [2.45, 2.75) is 31.6 Å². The summed E-state index contributed by atoms with van der Waals surface area (Å²) in [6, 6.07) is 6.84. The lowest BCUT2D eigenvalue weighted by molar-refractivity contribution is 0.0995. The van der Waals surface area contributed by atoms with Crippen LogP contribution in [0, 0.1) is 13.8 Å². The van der Waals surface area contributed by atoms with E-state index in [1.165, 1.54) is 10.4 Å². The van der Waals surface area contributed by atoms with Crippen molar-refractivity contribution in [1.82, 2.24) is 4.31 Å². The summed E-state index contributed by atoms with van der Waals surface area (Å²) in [6.07, 6.45) is 1.71. The van der Waals surface area contributed by atoms with Crippen molar-refractivity contribution in [3.8, 4) is 0 Å². The van der Waals surface area contributed by atoms with E-state index in [-0.39, 0.29) is 16.4 Å². The van der Waals surface area contributed by atoms with E-state index in [0.717, 1.165) is 22.9 Å². The summed E-state index contributed by atoms with van der Waals surface area (Å²) in [7, 11) is -3.62. The summed E-state index contributed by atoms with van der Waals surface area (Å²) >= 11 is 3.36. The third-order valence-electron chi connectivity index (χ3n) is 4.23. The monoisotopic (exact) mass is 426 g/mol. The van der Waals surface area contributed by atoms with E-state index in [4.69, 9.17) is 4.42 Å². The minimum Gasteiger partial charge on any atom is -0.455 e. The first-order valence-corrected chi connectivity index (χ1v) is 10.2. The molecule has 8 heteroatoms. The molecule has 0 spiro atoms. The summed E-state index contributed by atoms with van der Waals surface area (Å²) in [5, 5.41) is 2.76. The van der Waals surface area contributed by atoms with Gasteiger partial charge in [0.05, 0.1) is 0 Å². The maximum Gasteiger partial charge on any atom is 0.291 e. The Bertz CT molecular complexity index is 915. The van der Waals surface area contributed by atoms with Crippen molar-refractivity contribution >= 4 is 37.5 Å². The maximum absolute atomic E-state index is 12.7. The number of aryl methyl sites for hydroxylation is 2. The molecule has 1 amide bonds. The third-order valence-corrected chi connectivity index (χ3v) is 6.73. The number of halogens is 1. The van der Waals surface area contributed by atoms with Crippen molar-refractivity contribution < 1.29 is 17.6 Å². The number of rotatable bonds is 4. The molecule has 0 unspecified atom stereocenters. The molecular weight excluding hydrogens is 408 g/mol. The number of sulfonamides is 1. The fraction of sp³-hybridized carbons (Fsp3) is 0.353. The normalized spacial score (nSPS) is 15.5. The number of anilines is 1. The Hall–Kier alpha value is -1.64. The third kappa shape index (κ3) is 3.65. The molecule has 1 aliphatic heterocycles. The van der Waals surface area contributed by atoms with Crippen molar-refractivity contribution in [1.29, 1.82) is 0 Å². The predicted molar refractivity (Wildman–Crippen MR) is 98.3 cm³/mol. The molecular formula is C17H19BrN2O4S. The second kappa shape index (κ2) is 6.93. The van der Waals surface area contributed by atoms with Gasteiger partial charge in [-0.2, -0.15) is 4.31 Å². The van der Waals surface area contributed by atoms with Crippen molar-refractivity contribution in [2.75, 3.05) is 18.4 Å². The highest BCUT2D eigenvalue weighted by molar-refractivity contribution is 9.10. The van der Waals surface area contributed by atoms with Crippen molar-refractivity contribution in [3.05, 3.63) is 45.8 Å². The Kier molecular flexibility index (Phi) is 5.04. The number of hydrogen-bond acceptors (Lipinski definition) is 4. The molecule has 1 aromatic heterocycles. The highest BCUT2D eigenvalue weighted by Gasteiger charge is 2.31. The van der Waals surface area contributed by atoms with Crippen LogP contribution in [0.5, 0.6) is 0 Å². The van der Waals surface area contributed by atoms with E-state index in [1.54, 1.807) is 13.0 Å². The van der Waals surface area contributed by atoms with Gasteiger partial charge in [-0.15, -0.1) is 0 Å². The van der Waals surface area contributed by atoms with Gasteiger partial charge in [0.25, 0.3) is 5.91 Å². The quantitative estimate of drug-likeness (QED) is 0.807. The molecule has 6 nitrogen and oxygen atoms in total. The Balaban J connectivity index is 1.86. The predicted octanol–water partition coefficient (Wildman–Crippen LogP) is 3.70. The van der Waals surface area contributed by atoms with Crippen LogP contribution in [0.25, 0.3) is 0 Å². The van der Waals surface area contributed by atoms with Crippen LogP contribution < -0.4 is 5.32 Å². The first kappa shape index (κ1) is 18.2. The lowest BCUT2D eigenvalue weighted by Gasteiger charge is -2.14. The zero-order chi connectivity index (χ0) is 18.2. The molecule has 1 N–H and O–H groups in total. The highest BCUT2D eigenvalue weighted by Crippen LogP contribution is 2.27. The average Bonchev–Trinajstić information content (AvgIpc) is 3.20. The Labute approximate surface area is 155 Å². The molecule has 2 heterocycles. The van der Waals surface area contributed by atoms with E-state index in [2.05, 4.69) is 21.2 Å². The van der Waals surface area contributed by atoms with Gasteiger partial charge in [0, 0.05) is 29.3 Å². The first-order chi connectivity index (χ1) is 11.8. The average molecular weight is 427 g/mol. The van der Waals surface area contributed by atoms with Crippen LogP contribution in [-0.4, -0.2) is 31.7 Å². The van der Waals surface area contributed by atoms with Gasteiger partial charge in [0.15, 0.2) is 5.76 Å². The lowest BCUT2D eigenvalue weighted by atomic mass is 10.2. The number of furan rings is 1. The second-order valence-electron chi connectivity index (χ2n) is 6.06. The highest BCUT2D eigenvalue weighted by atomic mass is 79.9. The second-order valence-corrected chi connectivity index (χ2v) is 8.88. The molecule has 1 aromatic carbocycles. The van der Waals surface area contributed by atoms with E-state index in [0.29, 0.717) is 18.8 Å². The zero-order valence-corrected chi connectivity index (χ0v) is 16.4. The van der Waals surface area contributed by atoms with Gasteiger partial charge < -0.3 is 9.73 Å². The van der Waals surface area contributed by atoms with Gasteiger partial charge in [-0.25, -0.2) is 8.42 Å². The summed E-state index contributed by atoms with van der Waals surface area (Å²) in [4.78, 5) is 12.5. The molecule has 0 atom stereocenters. The Morgan fingerprint density at radius 2 is 1.88 bits per heavy atom. The summed E-state index contributed by atoms with van der Waals surface area (Å²) in [5.74, 6) is -0.273. The molecule has 25 heavy (non-hydrogen) atoms. The molecule has 0 bridgehead atoms. The minimum atomic E-state index is -3.62. The number of nitrogens with zero attached hydrogens (tertiary/aromatic N) is 1. The van der Waals surface area contributed by atoms with Crippen molar-refractivity contribution in [3.63, 3.8) is 0 Å². The molecule has 1 fully saturated rings. The van der Waals surface area contributed by atoms with Crippen molar-refractivity contribution in [2.24, 2.45) is 0 Å². The number of benzene rings is 1.